The fourth-order valence-electron chi connectivity index (χ4n) is 2.39. The molecule has 0 aliphatic carbocycles. The molecule has 0 bridgehead atoms. The molecule has 0 saturated carbocycles. The highest BCUT2D eigenvalue weighted by Gasteiger charge is 2.11. The maximum Gasteiger partial charge on any atom is 0.387 e. The Morgan fingerprint density at radius 2 is 1.74 bits per heavy atom. The zero-order chi connectivity index (χ0) is 19.8. The minimum Gasteiger partial charge on any atom is -0.478 e. The molecule has 2 aromatic rings. The summed E-state index contributed by atoms with van der Waals surface area (Å²) < 4.78 is 28.6. The van der Waals surface area contributed by atoms with E-state index < -0.39 is 12.6 Å². The first-order valence-corrected chi connectivity index (χ1v) is 8.43. The van der Waals surface area contributed by atoms with E-state index in [-0.39, 0.29) is 11.3 Å². The molecule has 3 rings (SSSR count). The monoisotopic (exact) mass is 374 g/mol. The van der Waals surface area contributed by atoms with Gasteiger partial charge in [0.05, 0.1) is 24.0 Å². The minimum absolute atomic E-state index is 0.0921. The average Bonchev–Trinajstić information content (AvgIpc) is 2.70. The first kappa shape index (κ1) is 20.1. The molecular weight excluding hydrogens is 354 g/mol. The van der Waals surface area contributed by atoms with E-state index in [0.717, 1.165) is 16.8 Å². The predicted molar refractivity (Wildman–Crippen MR) is 102 cm³/mol. The average molecular weight is 374 g/mol. The molecule has 0 amide bonds. The summed E-state index contributed by atoms with van der Waals surface area (Å²) >= 11 is 0. The Morgan fingerprint density at radius 3 is 2.22 bits per heavy atom. The molecule has 0 spiro atoms. The lowest BCUT2D eigenvalue weighted by Gasteiger charge is -2.21. The summed E-state index contributed by atoms with van der Waals surface area (Å²) in [5, 5.41) is 15.0. The van der Waals surface area contributed by atoms with E-state index in [1.807, 2.05) is 19.9 Å². The summed E-state index contributed by atoms with van der Waals surface area (Å²) in [7, 11) is 0. The van der Waals surface area contributed by atoms with Gasteiger partial charge in [-0.1, -0.05) is 32.1 Å². The van der Waals surface area contributed by atoms with Gasteiger partial charge in [0.15, 0.2) is 0 Å². The molecule has 0 radical (unpaired) electrons. The minimum atomic E-state index is -2.85. The van der Waals surface area contributed by atoms with Crippen LogP contribution in [-0.4, -0.2) is 30.4 Å². The van der Waals surface area contributed by atoms with E-state index in [2.05, 4.69) is 9.84 Å². The highest BCUT2D eigenvalue weighted by Crippen LogP contribution is 2.24. The zero-order valence-corrected chi connectivity index (χ0v) is 15.0. The number of carboxylic acids is 1. The maximum atomic E-state index is 12.2. The van der Waals surface area contributed by atoms with Crippen molar-refractivity contribution in [3.8, 4) is 5.75 Å². The van der Waals surface area contributed by atoms with Crippen LogP contribution in [0.1, 0.15) is 29.8 Å². The number of allylic oxidation sites excluding steroid dienone is 1. The van der Waals surface area contributed by atoms with E-state index in [1.165, 1.54) is 12.1 Å². The SMILES string of the molecule is CC.O=C(O)c1ccc(C2=CCN(c3ccc(OC(F)F)cc3)N=C2)cc1. The van der Waals surface area contributed by atoms with Gasteiger partial charge in [0.2, 0.25) is 0 Å². The summed E-state index contributed by atoms with van der Waals surface area (Å²) in [5.74, 6) is -0.877. The van der Waals surface area contributed by atoms with Crippen LogP contribution >= 0.6 is 0 Å². The van der Waals surface area contributed by atoms with Crippen molar-refractivity contribution in [1.82, 2.24) is 0 Å². The Morgan fingerprint density at radius 1 is 1.11 bits per heavy atom. The molecule has 27 heavy (non-hydrogen) atoms. The number of carboxylic acid groups (broad SMARTS) is 1. The Balaban J connectivity index is 0.00000126. The molecule has 7 heteroatoms. The number of rotatable bonds is 5. The molecule has 1 N–H and O–H groups in total. The number of hydrogen-bond donors (Lipinski definition) is 1. The number of hydrazone groups is 1. The fourth-order valence-corrected chi connectivity index (χ4v) is 2.39. The van der Waals surface area contributed by atoms with Crippen LogP contribution in [-0.2, 0) is 0 Å². The van der Waals surface area contributed by atoms with Crippen LogP contribution < -0.4 is 9.75 Å². The summed E-state index contributed by atoms with van der Waals surface area (Å²) in [5.41, 5.74) is 2.72. The first-order chi connectivity index (χ1) is 13.0. The van der Waals surface area contributed by atoms with Crippen LogP contribution in [0.5, 0.6) is 5.75 Å². The van der Waals surface area contributed by atoms with Gasteiger partial charge in [-0.25, -0.2) is 4.79 Å². The lowest BCUT2D eigenvalue weighted by molar-refractivity contribution is -0.0498. The van der Waals surface area contributed by atoms with Crippen molar-refractivity contribution < 1.29 is 23.4 Å². The van der Waals surface area contributed by atoms with Gasteiger partial charge in [-0.3, -0.25) is 5.01 Å². The molecule has 1 aliphatic heterocycles. The molecule has 1 heterocycles. The van der Waals surface area contributed by atoms with Crippen molar-refractivity contribution in [3.05, 3.63) is 65.7 Å². The first-order valence-electron chi connectivity index (χ1n) is 8.43. The molecule has 1 aliphatic rings. The topological polar surface area (TPSA) is 62.1 Å². The maximum absolute atomic E-state index is 12.2. The van der Waals surface area contributed by atoms with E-state index in [0.29, 0.717) is 6.54 Å². The van der Waals surface area contributed by atoms with Gasteiger partial charge in [0.25, 0.3) is 0 Å². The highest BCUT2D eigenvalue weighted by molar-refractivity contribution is 6.11. The van der Waals surface area contributed by atoms with E-state index in [4.69, 9.17) is 5.11 Å². The molecule has 0 unspecified atom stereocenters. The zero-order valence-electron chi connectivity index (χ0n) is 15.0. The summed E-state index contributed by atoms with van der Waals surface area (Å²) in [4.78, 5) is 10.9. The highest BCUT2D eigenvalue weighted by atomic mass is 19.3. The number of benzene rings is 2. The molecule has 0 aromatic heterocycles. The Hall–Kier alpha value is -3.22. The second-order valence-electron chi connectivity index (χ2n) is 5.24. The van der Waals surface area contributed by atoms with E-state index in [9.17, 15) is 13.6 Å². The smallest absolute Gasteiger partial charge is 0.387 e. The standard InChI is InChI=1S/C18H14F2N2O3.C2H6/c19-18(20)25-16-7-5-15(6-8-16)22-10-9-14(11-21-22)12-1-3-13(4-2-12)17(23)24;1-2/h1-9,11,18H,10H2,(H,23,24);1-2H3. The fraction of sp³-hybridized carbons (Fsp3) is 0.200. The second-order valence-corrected chi connectivity index (χ2v) is 5.24. The van der Waals surface area contributed by atoms with Crippen LogP contribution in [0.15, 0.2) is 59.7 Å². The van der Waals surface area contributed by atoms with Crippen LogP contribution in [0, 0.1) is 0 Å². The van der Waals surface area contributed by atoms with Gasteiger partial charge in [0, 0.05) is 0 Å². The number of nitrogens with zero attached hydrogens (tertiary/aromatic N) is 2. The molecule has 5 nitrogen and oxygen atoms in total. The van der Waals surface area contributed by atoms with E-state index in [1.54, 1.807) is 47.6 Å². The van der Waals surface area contributed by atoms with Gasteiger partial charge < -0.3 is 9.84 Å². The van der Waals surface area contributed by atoms with Gasteiger partial charge in [-0.05, 0) is 47.5 Å². The third kappa shape index (κ3) is 5.37. The number of carbonyl (C=O) groups is 1. The van der Waals surface area contributed by atoms with Gasteiger partial charge in [-0.2, -0.15) is 13.9 Å². The Bertz CT molecular complexity index is 816. The number of halogens is 2. The van der Waals surface area contributed by atoms with Crippen molar-refractivity contribution >= 4 is 23.4 Å². The van der Waals surface area contributed by atoms with Crippen LogP contribution in [0.2, 0.25) is 0 Å². The largest absolute Gasteiger partial charge is 0.478 e. The molecule has 0 fully saturated rings. The van der Waals surface area contributed by atoms with Crippen molar-refractivity contribution in [3.63, 3.8) is 0 Å². The summed E-state index contributed by atoms with van der Waals surface area (Å²) in [6.45, 7) is 1.65. The lowest BCUT2D eigenvalue weighted by Crippen LogP contribution is -2.20. The van der Waals surface area contributed by atoms with Crippen molar-refractivity contribution in [1.29, 1.82) is 0 Å². The Kier molecular flexibility index (Phi) is 7.05. The number of alkyl halides is 2. The lowest BCUT2D eigenvalue weighted by atomic mass is 10.0. The number of aromatic carboxylic acids is 1. The molecule has 142 valence electrons. The van der Waals surface area contributed by atoms with Crippen molar-refractivity contribution in [2.75, 3.05) is 11.6 Å². The van der Waals surface area contributed by atoms with Crippen LogP contribution in [0.25, 0.3) is 5.57 Å². The normalized spacial score (nSPS) is 12.9. The van der Waals surface area contributed by atoms with E-state index >= 15 is 0 Å². The number of hydrogen-bond acceptors (Lipinski definition) is 4. The van der Waals surface area contributed by atoms with Crippen LogP contribution in [0.3, 0.4) is 0 Å². The van der Waals surface area contributed by atoms with Crippen LogP contribution in [0.4, 0.5) is 14.5 Å². The third-order valence-electron chi connectivity index (χ3n) is 3.65. The van der Waals surface area contributed by atoms with Crippen molar-refractivity contribution in [2.45, 2.75) is 20.5 Å². The quantitative estimate of drug-likeness (QED) is 0.808. The number of anilines is 1. The Labute approximate surface area is 156 Å². The second kappa shape index (κ2) is 9.47. The molecular formula is C20H20F2N2O3. The molecule has 2 aromatic carbocycles. The molecule has 0 saturated heterocycles. The van der Waals surface area contributed by atoms with Gasteiger partial charge in [-0.15, -0.1) is 0 Å². The number of ether oxygens (including phenoxy) is 1. The van der Waals surface area contributed by atoms with Crippen molar-refractivity contribution in [2.24, 2.45) is 5.10 Å². The third-order valence-corrected chi connectivity index (χ3v) is 3.65. The summed E-state index contributed by atoms with van der Waals surface area (Å²) in [6.07, 6.45) is 3.62. The predicted octanol–water partition coefficient (Wildman–Crippen LogP) is 4.90. The summed E-state index contributed by atoms with van der Waals surface area (Å²) in [6, 6.07) is 12.8. The molecule has 0 atom stereocenters. The van der Waals surface area contributed by atoms with Gasteiger partial charge in [0.1, 0.15) is 5.75 Å². The van der Waals surface area contributed by atoms with Gasteiger partial charge >= 0.3 is 12.6 Å².